The summed E-state index contributed by atoms with van der Waals surface area (Å²) in [5, 5.41) is 10.3. The van der Waals surface area contributed by atoms with Crippen molar-refractivity contribution < 1.29 is 14.3 Å². The molecule has 20 heavy (non-hydrogen) atoms. The second kappa shape index (κ2) is 5.01. The molecule has 0 saturated carbocycles. The molecule has 1 aliphatic heterocycles. The van der Waals surface area contributed by atoms with Gasteiger partial charge in [0, 0.05) is 18.5 Å². The van der Waals surface area contributed by atoms with E-state index in [1.165, 1.54) is 12.1 Å². The summed E-state index contributed by atoms with van der Waals surface area (Å²) in [6.45, 7) is 6.36. The highest BCUT2D eigenvalue weighted by atomic mass is 35.5. The molecule has 1 aromatic rings. The van der Waals surface area contributed by atoms with E-state index in [2.05, 4.69) is 0 Å². The lowest BCUT2D eigenvalue weighted by Crippen LogP contribution is -2.57. The number of halogens is 2. The largest absolute Gasteiger partial charge is 0.389 e. The lowest BCUT2D eigenvalue weighted by atomic mass is 9.71. The molecule has 0 radical (unpaired) electrons. The first kappa shape index (κ1) is 15.3. The van der Waals surface area contributed by atoms with Gasteiger partial charge in [0.15, 0.2) is 5.82 Å². The van der Waals surface area contributed by atoms with E-state index in [-0.39, 0.29) is 16.5 Å². The Morgan fingerprint density at radius 1 is 1.40 bits per heavy atom. The summed E-state index contributed by atoms with van der Waals surface area (Å²) in [4.78, 5) is 14.0. The summed E-state index contributed by atoms with van der Waals surface area (Å²) in [6, 6.07) is 4.41. The summed E-state index contributed by atoms with van der Waals surface area (Å²) in [5.74, 6) is -1.07. The fraction of sp³-hybridized carbons (Fsp3) is 0.533. The second-order valence-corrected chi connectivity index (χ2v) is 6.64. The number of hydrogen-bond acceptors (Lipinski definition) is 2. The van der Waals surface area contributed by atoms with Gasteiger partial charge in [-0.2, -0.15) is 0 Å². The van der Waals surface area contributed by atoms with E-state index >= 15 is 0 Å². The Hall–Kier alpha value is -1.13. The predicted molar refractivity (Wildman–Crippen MR) is 76.3 cm³/mol. The molecule has 1 aliphatic rings. The van der Waals surface area contributed by atoms with E-state index in [1.807, 2.05) is 13.8 Å². The van der Waals surface area contributed by atoms with Gasteiger partial charge in [-0.05, 0) is 25.5 Å². The van der Waals surface area contributed by atoms with Crippen LogP contribution in [0, 0.1) is 11.2 Å². The maximum atomic E-state index is 13.9. The van der Waals surface area contributed by atoms with Gasteiger partial charge in [0.1, 0.15) is 0 Å². The van der Waals surface area contributed by atoms with E-state index in [1.54, 1.807) is 17.9 Å². The molecule has 0 bridgehead atoms. The quantitative estimate of drug-likeness (QED) is 0.865. The van der Waals surface area contributed by atoms with Gasteiger partial charge in [-0.25, -0.2) is 4.39 Å². The first-order chi connectivity index (χ1) is 9.16. The van der Waals surface area contributed by atoms with Crippen molar-refractivity contribution in [3.05, 3.63) is 34.6 Å². The van der Waals surface area contributed by atoms with E-state index in [9.17, 15) is 14.3 Å². The number of piperidine rings is 1. The van der Waals surface area contributed by atoms with Crippen LogP contribution >= 0.6 is 11.6 Å². The number of carbonyl (C=O) groups is 1. The van der Waals surface area contributed by atoms with Crippen molar-refractivity contribution in [1.29, 1.82) is 0 Å². The van der Waals surface area contributed by atoms with Crippen molar-refractivity contribution >= 4 is 17.5 Å². The minimum absolute atomic E-state index is 0.0187. The van der Waals surface area contributed by atoms with Crippen LogP contribution in [0.1, 0.15) is 37.6 Å². The standard InChI is InChI=1S/C15H19ClFNO2/c1-14(2)9-18(8-7-15(14,3)20)13(19)10-5-4-6-11(16)12(10)17/h4-6,20H,7-9H2,1-3H3/t15-/m1/s1. The SMILES string of the molecule is CC1(C)CN(C(=O)c2cccc(Cl)c2F)CC[C@@]1(C)O. The molecule has 1 N–H and O–H groups in total. The molecule has 1 atom stereocenters. The minimum atomic E-state index is -0.837. The van der Waals surface area contributed by atoms with Crippen molar-refractivity contribution in [1.82, 2.24) is 4.90 Å². The average Bonchev–Trinajstić information content (AvgIpc) is 2.35. The average molecular weight is 300 g/mol. The number of carbonyl (C=O) groups excluding carboxylic acids is 1. The monoisotopic (exact) mass is 299 g/mol. The number of nitrogens with zero attached hydrogens (tertiary/aromatic N) is 1. The van der Waals surface area contributed by atoms with Crippen molar-refractivity contribution in [2.24, 2.45) is 5.41 Å². The Bertz CT molecular complexity index is 543. The van der Waals surface area contributed by atoms with Gasteiger partial charge in [-0.3, -0.25) is 4.79 Å². The van der Waals surface area contributed by atoms with Gasteiger partial charge in [-0.1, -0.05) is 31.5 Å². The van der Waals surface area contributed by atoms with Crippen LogP contribution in [-0.4, -0.2) is 34.6 Å². The highest BCUT2D eigenvalue weighted by Gasteiger charge is 2.45. The summed E-state index contributed by atoms with van der Waals surface area (Å²) in [6.07, 6.45) is 0.466. The zero-order chi connectivity index (χ0) is 15.1. The van der Waals surface area contributed by atoms with Crippen LogP contribution < -0.4 is 0 Å². The molecule has 0 aromatic heterocycles. The molecular weight excluding hydrogens is 281 g/mol. The van der Waals surface area contributed by atoms with Crippen LogP contribution in [0.15, 0.2) is 18.2 Å². The number of likely N-dealkylation sites (tertiary alicyclic amines) is 1. The van der Waals surface area contributed by atoms with Gasteiger partial charge in [0.25, 0.3) is 5.91 Å². The van der Waals surface area contributed by atoms with Gasteiger partial charge in [0.2, 0.25) is 0 Å². The Labute approximate surface area is 123 Å². The number of rotatable bonds is 1. The van der Waals surface area contributed by atoms with E-state index < -0.39 is 16.8 Å². The molecule has 1 heterocycles. The number of amides is 1. The third kappa shape index (κ3) is 2.54. The van der Waals surface area contributed by atoms with Crippen LogP contribution in [0.2, 0.25) is 5.02 Å². The Balaban J connectivity index is 2.25. The molecule has 1 saturated heterocycles. The van der Waals surface area contributed by atoms with E-state index in [4.69, 9.17) is 11.6 Å². The zero-order valence-electron chi connectivity index (χ0n) is 11.9. The van der Waals surface area contributed by atoms with Crippen molar-refractivity contribution in [3.63, 3.8) is 0 Å². The third-order valence-electron chi connectivity index (χ3n) is 4.38. The normalized spacial score (nSPS) is 25.6. The Morgan fingerprint density at radius 2 is 2.05 bits per heavy atom. The van der Waals surface area contributed by atoms with E-state index in [0.29, 0.717) is 19.5 Å². The molecule has 1 amide bonds. The fourth-order valence-electron chi connectivity index (χ4n) is 2.43. The van der Waals surface area contributed by atoms with Crippen LogP contribution in [0.4, 0.5) is 4.39 Å². The van der Waals surface area contributed by atoms with Crippen LogP contribution in [0.5, 0.6) is 0 Å². The molecule has 110 valence electrons. The predicted octanol–water partition coefficient (Wildman–Crippen LogP) is 3.10. The maximum absolute atomic E-state index is 13.9. The summed E-state index contributed by atoms with van der Waals surface area (Å²) >= 11 is 5.71. The molecule has 1 fully saturated rings. The molecule has 2 rings (SSSR count). The van der Waals surface area contributed by atoms with Crippen molar-refractivity contribution in [2.45, 2.75) is 32.8 Å². The van der Waals surface area contributed by atoms with Crippen molar-refractivity contribution in [2.75, 3.05) is 13.1 Å². The Morgan fingerprint density at radius 3 is 2.65 bits per heavy atom. The van der Waals surface area contributed by atoms with Gasteiger partial charge >= 0.3 is 0 Å². The zero-order valence-corrected chi connectivity index (χ0v) is 12.7. The second-order valence-electron chi connectivity index (χ2n) is 6.24. The lowest BCUT2D eigenvalue weighted by Gasteiger charge is -2.48. The number of hydrogen-bond donors (Lipinski definition) is 1. The molecular formula is C15H19ClFNO2. The topological polar surface area (TPSA) is 40.5 Å². The van der Waals surface area contributed by atoms with Crippen LogP contribution in [-0.2, 0) is 0 Å². The number of aliphatic hydroxyl groups is 1. The van der Waals surface area contributed by atoms with Gasteiger partial charge < -0.3 is 10.0 Å². The molecule has 0 spiro atoms. The number of benzene rings is 1. The third-order valence-corrected chi connectivity index (χ3v) is 4.67. The first-order valence-electron chi connectivity index (χ1n) is 6.61. The highest BCUT2D eigenvalue weighted by molar-refractivity contribution is 6.31. The van der Waals surface area contributed by atoms with Crippen LogP contribution in [0.25, 0.3) is 0 Å². The summed E-state index contributed by atoms with van der Waals surface area (Å²) in [7, 11) is 0. The van der Waals surface area contributed by atoms with Crippen molar-refractivity contribution in [3.8, 4) is 0 Å². The lowest BCUT2D eigenvalue weighted by molar-refractivity contribution is -0.0971. The molecule has 0 unspecified atom stereocenters. The first-order valence-corrected chi connectivity index (χ1v) is 6.99. The Kier molecular flexibility index (Phi) is 3.82. The smallest absolute Gasteiger partial charge is 0.256 e. The van der Waals surface area contributed by atoms with E-state index in [0.717, 1.165) is 0 Å². The molecule has 0 aliphatic carbocycles. The fourth-order valence-corrected chi connectivity index (χ4v) is 2.60. The highest BCUT2D eigenvalue weighted by Crippen LogP contribution is 2.38. The molecule has 5 heteroatoms. The summed E-state index contributed by atoms with van der Waals surface area (Å²) < 4.78 is 13.9. The van der Waals surface area contributed by atoms with Crippen LogP contribution in [0.3, 0.4) is 0 Å². The summed E-state index contributed by atoms with van der Waals surface area (Å²) in [5.41, 5.74) is -1.30. The molecule has 3 nitrogen and oxygen atoms in total. The van der Waals surface area contributed by atoms with Gasteiger partial charge in [0.05, 0.1) is 16.2 Å². The molecule has 1 aromatic carbocycles. The van der Waals surface area contributed by atoms with Gasteiger partial charge in [-0.15, -0.1) is 0 Å². The minimum Gasteiger partial charge on any atom is -0.389 e. The maximum Gasteiger partial charge on any atom is 0.256 e.